The van der Waals surface area contributed by atoms with Gasteiger partial charge in [-0.25, -0.2) is 8.42 Å². The molecule has 156 valence electrons. The molecule has 1 heterocycles. The number of nitrogens with zero attached hydrogens (tertiary/aromatic N) is 1. The lowest BCUT2D eigenvalue weighted by molar-refractivity contribution is -0.120. The molecule has 0 bridgehead atoms. The number of carbonyl (C=O) groups excluding carboxylic acids is 1. The fourth-order valence-electron chi connectivity index (χ4n) is 3.47. The van der Waals surface area contributed by atoms with Crippen molar-refractivity contribution in [2.45, 2.75) is 43.4 Å². The molecule has 1 saturated heterocycles. The Morgan fingerprint density at radius 3 is 2.31 bits per heavy atom. The number of benzene rings is 2. The fourth-order valence-corrected chi connectivity index (χ4v) is 5.17. The zero-order valence-corrected chi connectivity index (χ0v) is 18.0. The molecule has 7 heteroatoms. The molecule has 1 N–H and O–H groups in total. The first-order chi connectivity index (χ1) is 13.8. The van der Waals surface area contributed by atoms with Crippen LogP contribution in [0.3, 0.4) is 0 Å². The van der Waals surface area contributed by atoms with Crippen LogP contribution in [0.1, 0.15) is 38.7 Å². The van der Waals surface area contributed by atoms with Crippen LogP contribution in [0.25, 0.3) is 0 Å². The molecule has 0 aromatic heterocycles. The maximum Gasteiger partial charge on any atom is 0.246 e. The van der Waals surface area contributed by atoms with Gasteiger partial charge in [0.15, 0.2) is 0 Å². The highest BCUT2D eigenvalue weighted by Crippen LogP contribution is 2.32. The van der Waals surface area contributed by atoms with Crippen LogP contribution in [0.4, 0.5) is 5.69 Å². The summed E-state index contributed by atoms with van der Waals surface area (Å²) in [5.41, 5.74) is 0.537. The quantitative estimate of drug-likeness (QED) is 0.777. The number of amides is 1. The molecule has 2 aromatic rings. The Morgan fingerprint density at radius 1 is 1.03 bits per heavy atom. The zero-order valence-electron chi connectivity index (χ0n) is 17.1. The van der Waals surface area contributed by atoms with Gasteiger partial charge in [-0.2, -0.15) is 4.31 Å². The summed E-state index contributed by atoms with van der Waals surface area (Å²) in [6, 6.07) is 14.2. The third-order valence-corrected chi connectivity index (χ3v) is 7.34. The maximum absolute atomic E-state index is 13.2. The average Bonchev–Trinajstić information content (AvgIpc) is 2.75. The van der Waals surface area contributed by atoms with Gasteiger partial charge in [-0.05, 0) is 50.5 Å². The van der Waals surface area contributed by atoms with Gasteiger partial charge in [-0.15, -0.1) is 0 Å². The van der Waals surface area contributed by atoms with Crippen molar-refractivity contribution in [2.75, 3.05) is 25.5 Å². The standard InChI is InChI=1S/C22H28N2O4S/c1-22(2,17-10-6-4-7-11-17)21(25)23-18-12-13-19(28-3)20(16-18)29(26,27)24-14-8-5-9-15-24/h4,6-7,10-13,16H,5,8-9,14-15H2,1-3H3,(H,23,25). The van der Waals surface area contributed by atoms with E-state index in [-0.39, 0.29) is 16.6 Å². The highest BCUT2D eigenvalue weighted by molar-refractivity contribution is 7.89. The first-order valence-corrected chi connectivity index (χ1v) is 11.3. The van der Waals surface area contributed by atoms with Crippen molar-refractivity contribution in [3.8, 4) is 5.75 Å². The van der Waals surface area contributed by atoms with E-state index >= 15 is 0 Å². The molecule has 0 saturated carbocycles. The third-order valence-electron chi connectivity index (χ3n) is 5.42. The van der Waals surface area contributed by atoms with Crippen LogP contribution in [0.5, 0.6) is 5.75 Å². The first kappa shape index (κ1) is 21.3. The summed E-state index contributed by atoms with van der Waals surface area (Å²) in [5, 5.41) is 2.87. The number of nitrogens with one attached hydrogen (secondary N) is 1. The minimum absolute atomic E-state index is 0.0808. The number of hydrogen-bond acceptors (Lipinski definition) is 4. The van der Waals surface area contributed by atoms with Gasteiger partial charge >= 0.3 is 0 Å². The van der Waals surface area contributed by atoms with E-state index < -0.39 is 15.4 Å². The molecule has 0 unspecified atom stereocenters. The molecule has 0 atom stereocenters. The topological polar surface area (TPSA) is 75.7 Å². The van der Waals surface area contributed by atoms with Crippen LogP contribution in [0.15, 0.2) is 53.4 Å². The Hall–Kier alpha value is -2.38. The summed E-state index contributed by atoms with van der Waals surface area (Å²) >= 11 is 0. The number of carbonyl (C=O) groups is 1. The minimum atomic E-state index is -3.69. The Labute approximate surface area is 172 Å². The smallest absolute Gasteiger partial charge is 0.246 e. The van der Waals surface area contributed by atoms with Crippen LogP contribution in [-0.2, 0) is 20.2 Å². The van der Waals surface area contributed by atoms with E-state index in [1.807, 2.05) is 44.2 Å². The lowest BCUT2D eigenvalue weighted by Gasteiger charge is -2.27. The van der Waals surface area contributed by atoms with Gasteiger partial charge in [-0.3, -0.25) is 4.79 Å². The molecule has 1 aliphatic heterocycles. The molecular formula is C22H28N2O4S. The summed E-state index contributed by atoms with van der Waals surface area (Å²) in [5.74, 6) is 0.0612. The zero-order chi connectivity index (χ0) is 21.1. The number of ether oxygens (including phenoxy) is 1. The van der Waals surface area contributed by atoms with E-state index in [1.54, 1.807) is 12.1 Å². The van der Waals surface area contributed by atoms with E-state index in [2.05, 4.69) is 5.32 Å². The third kappa shape index (κ3) is 4.46. The second-order valence-corrected chi connectivity index (χ2v) is 9.68. The molecule has 29 heavy (non-hydrogen) atoms. The van der Waals surface area contributed by atoms with Gasteiger partial charge < -0.3 is 10.1 Å². The van der Waals surface area contributed by atoms with Crippen molar-refractivity contribution < 1.29 is 17.9 Å². The molecule has 0 spiro atoms. The lowest BCUT2D eigenvalue weighted by Crippen LogP contribution is -2.36. The number of sulfonamides is 1. The molecule has 2 aromatic carbocycles. The normalized spacial score (nSPS) is 15.7. The van der Waals surface area contributed by atoms with E-state index in [1.165, 1.54) is 17.5 Å². The highest BCUT2D eigenvalue weighted by atomic mass is 32.2. The summed E-state index contributed by atoms with van der Waals surface area (Å²) in [6.07, 6.45) is 2.74. The fraction of sp³-hybridized carbons (Fsp3) is 0.409. The molecule has 1 fully saturated rings. The van der Waals surface area contributed by atoms with Gasteiger partial charge in [0.1, 0.15) is 10.6 Å². The van der Waals surface area contributed by atoms with Gasteiger partial charge in [0.2, 0.25) is 15.9 Å². The Bertz CT molecular complexity index is 966. The predicted molar refractivity (Wildman–Crippen MR) is 114 cm³/mol. The van der Waals surface area contributed by atoms with E-state index in [9.17, 15) is 13.2 Å². The van der Waals surface area contributed by atoms with Crippen LogP contribution in [0, 0.1) is 0 Å². The van der Waals surface area contributed by atoms with Gasteiger partial charge in [0.25, 0.3) is 0 Å². The van der Waals surface area contributed by atoms with E-state index in [4.69, 9.17) is 4.74 Å². The lowest BCUT2D eigenvalue weighted by atomic mass is 9.83. The largest absolute Gasteiger partial charge is 0.495 e. The molecule has 0 radical (unpaired) electrons. The van der Waals surface area contributed by atoms with E-state index in [0.717, 1.165) is 24.8 Å². The van der Waals surface area contributed by atoms with Crippen molar-refractivity contribution >= 4 is 21.6 Å². The molecule has 1 aliphatic rings. The number of hydrogen-bond donors (Lipinski definition) is 1. The van der Waals surface area contributed by atoms with Crippen molar-refractivity contribution in [1.82, 2.24) is 4.31 Å². The van der Waals surface area contributed by atoms with Gasteiger partial charge in [-0.1, -0.05) is 36.8 Å². The van der Waals surface area contributed by atoms with Crippen molar-refractivity contribution in [2.24, 2.45) is 0 Å². The molecule has 3 rings (SSSR count). The van der Waals surface area contributed by atoms with Gasteiger partial charge in [0, 0.05) is 18.8 Å². The molecule has 0 aliphatic carbocycles. The average molecular weight is 417 g/mol. The molecule has 6 nitrogen and oxygen atoms in total. The highest BCUT2D eigenvalue weighted by Gasteiger charge is 2.32. The first-order valence-electron chi connectivity index (χ1n) is 9.82. The van der Waals surface area contributed by atoms with Crippen molar-refractivity contribution in [3.63, 3.8) is 0 Å². The predicted octanol–water partition coefficient (Wildman–Crippen LogP) is 3.79. The van der Waals surface area contributed by atoms with Crippen LogP contribution in [-0.4, -0.2) is 38.8 Å². The number of methoxy groups -OCH3 is 1. The summed E-state index contributed by atoms with van der Waals surface area (Å²) < 4.78 is 33.1. The Morgan fingerprint density at radius 2 is 1.69 bits per heavy atom. The Balaban J connectivity index is 1.90. The molecular weight excluding hydrogens is 388 g/mol. The van der Waals surface area contributed by atoms with Crippen LogP contribution >= 0.6 is 0 Å². The van der Waals surface area contributed by atoms with Gasteiger partial charge in [0.05, 0.1) is 12.5 Å². The molecule has 1 amide bonds. The monoisotopic (exact) mass is 416 g/mol. The summed E-state index contributed by atoms with van der Waals surface area (Å²) in [4.78, 5) is 13.0. The van der Waals surface area contributed by atoms with Crippen LogP contribution < -0.4 is 10.1 Å². The number of anilines is 1. The second kappa shape index (κ2) is 8.55. The van der Waals surface area contributed by atoms with Crippen molar-refractivity contribution in [3.05, 3.63) is 54.1 Å². The van der Waals surface area contributed by atoms with Crippen LogP contribution in [0.2, 0.25) is 0 Å². The maximum atomic E-state index is 13.2. The minimum Gasteiger partial charge on any atom is -0.495 e. The number of piperidine rings is 1. The van der Waals surface area contributed by atoms with Crippen molar-refractivity contribution in [1.29, 1.82) is 0 Å². The Kier molecular flexibility index (Phi) is 6.29. The summed E-state index contributed by atoms with van der Waals surface area (Å²) in [6.45, 7) is 4.69. The second-order valence-electron chi connectivity index (χ2n) is 7.78. The SMILES string of the molecule is COc1ccc(NC(=O)C(C)(C)c2ccccc2)cc1S(=O)(=O)N1CCCCC1. The number of rotatable bonds is 6. The summed E-state index contributed by atoms with van der Waals surface area (Å²) in [7, 11) is -2.25. The van der Waals surface area contributed by atoms with E-state index in [0.29, 0.717) is 18.8 Å².